The Kier molecular flexibility index (Phi) is 6.34. The minimum atomic E-state index is -3.59. The highest BCUT2D eigenvalue weighted by Crippen LogP contribution is 2.26. The summed E-state index contributed by atoms with van der Waals surface area (Å²) in [6, 6.07) is 14.8. The van der Waals surface area contributed by atoms with Gasteiger partial charge in [0.15, 0.2) is 0 Å². The van der Waals surface area contributed by atoms with Gasteiger partial charge in [-0.05, 0) is 56.5 Å². The SMILES string of the molecule is Cc1ccccc1N1CCN(C(=O)c2cccc(S(=O)(=O)N3CCCCC3C)c2)CC1. The second-order valence-electron chi connectivity index (χ2n) is 8.55. The van der Waals surface area contributed by atoms with Crippen molar-refractivity contribution >= 4 is 21.6 Å². The number of nitrogens with zero attached hydrogens (tertiary/aromatic N) is 3. The van der Waals surface area contributed by atoms with Crippen LogP contribution < -0.4 is 4.90 Å². The molecule has 6 nitrogen and oxygen atoms in total. The van der Waals surface area contributed by atoms with E-state index in [4.69, 9.17) is 0 Å². The van der Waals surface area contributed by atoms with E-state index in [0.717, 1.165) is 32.4 Å². The van der Waals surface area contributed by atoms with E-state index in [9.17, 15) is 13.2 Å². The first-order chi connectivity index (χ1) is 14.9. The standard InChI is InChI=1S/C24H31N3O3S/c1-19-8-3-4-12-23(19)25-14-16-26(17-15-25)24(28)21-10-7-11-22(18-21)31(29,30)27-13-6-5-9-20(27)2/h3-4,7-8,10-12,18,20H,5-6,9,13-17H2,1-2H3. The number of hydrogen-bond donors (Lipinski definition) is 0. The van der Waals surface area contributed by atoms with Gasteiger partial charge in [0.25, 0.3) is 5.91 Å². The molecule has 166 valence electrons. The lowest BCUT2D eigenvalue weighted by Crippen LogP contribution is -2.49. The maximum Gasteiger partial charge on any atom is 0.254 e. The molecule has 0 aliphatic carbocycles. The molecule has 1 amide bonds. The van der Waals surface area contributed by atoms with Crippen LogP contribution in [0.25, 0.3) is 0 Å². The van der Waals surface area contributed by atoms with Gasteiger partial charge in [-0.15, -0.1) is 0 Å². The molecule has 0 radical (unpaired) electrons. The van der Waals surface area contributed by atoms with Gasteiger partial charge in [-0.25, -0.2) is 8.42 Å². The summed E-state index contributed by atoms with van der Waals surface area (Å²) < 4.78 is 27.9. The average Bonchev–Trinajstić information content (AvgIpc) is 2.79. The van der Waals surface area contributed by atoms with Crippen molar-refractivity contribution in [1.29, 1.82) is 0 Å². The number of para-hydroxylation sites is 1. The summed E-state index contributed by atoms with van der Waals surface area (Å²) in [5.74, 6) is -0.104. The Morgan fingerprint density at radius 3 is 2.39 bits per heavy atom. The second kappa shape index (κ2) is 9.01. The summed E-state index contributed by atoms with van der Waals surface area (Å²) in [6.45, 7) is 7.37. The molecule has 7 heteroatoms. The number of carbonyl (C=O) groups excluding carboxylic acids is 1. The lowest BCUT2D eigenvalue weighted by Gasteiger charge is -2.37. The molecule has 2 fully saturated rings. The summed E-state index contributed by atoms with van der Waals surface area (Å²) in [5, 5.41) is 0. The number of benzene rings is 2. The van der Waals surface area contributed by atoms with E-state index in [1.165, 1.54) is 11.3 Å². The summed E-state index contributed by atoms with van der Waals surface area (Å²) in [4.78, 5) is 17.5. The number of piperidine rings is 1. The molecular formula is C24H31N3O3S. The molecule has 2 heterocycles. The van der Waals surface area contributed by atoms with E-state index in [1.54, 1.807) is 28.6 Å². The largest absolute Gasteiger partial charge is 0.368 e. The van der Waals surface area contributed by atoms with Gasteiger partial charge >= 0.3 is 0 Å². The number of amides is 1. The van der Waals surface area contributed by atoms with E-state index < -0.39 is 10.0 Å². The van der Waals surface area contributed by atoms with E-state index in [1.807, 2.05) is 24.0 Å². The van der Waals surface area contributed by atoms with Crippen LogP contribution in [0.3, 0.4) is 0 Å². The van der Waals surface area contributed by atoms with Crippen molar-refractivity contribution in [3.8, 4) is 0 Å². The van der Waals surface area contributed by atoms with Crippen molar-refractivity contribution in [3.05, 3.63) is 59.7 Å². The summed E-state index contributed by atoms with van der Waals surface area (Å²) >= 11 is 0. The van der Waals surface area contributed by atoms with E-state index in [2.05, 4.69) is 24.0 Å². The zero-order chi connectivity index (χ0) is 22.0. The number of hydrogen-bond acceptors (Lipinski definition) is 4. The van der Waals surface area contributed by atoms with Gasteiger partial charge < -0.3 is 9.80 Å². The average molecular weight is 442 g/mol. The minimum absolute atomic E-state index is 0.00683. The first-order valence-corrected chi connectivity index (χ1v) is 12.5. The van der Waals surface area contributed by atoms with Gasteiger partial charge in [0, 0.05) is 50.0 Å². The highest BCUT2D eigenvalue weighted by molar-refractivity contribution is 7.89. The van der Waals surface area contributed by atoms with Crippen LogP contribution in [0.2, 0.25) is 0 Å². The normalized spacial score (nSPS) is 20.6. The molecule has 2 aromatic rings. The van der Waals surface area contributed by atoms with Crippen molar-refractivity contribution in [2.45, 2.75) is 44.0 Å². The van der Waals surface area contributed by atoms with Gasteiger partial charge in [0.2, 0.25) is 10.0 Å². The molecule has 2 aromatic carbocycles. The molecule has 2 aliphatic rings. The van der Waals surface area contributed by atoms with Gasteiger partial charge in [0.05, 0.1) is 4.90 Å². The van der Waals surface area contributed by atoms with Crippen LogP contribution in [0.15, 0.2) is 53.4 Å². The van der Waals surface area contributed by atoms with Crippen LogP contribution >= 0.6 is 0 Å². The highest BCUT2D eigenvalue weighted by Gasteiger charge is 2.32. The number of rotatable bonds is 4. The van der Waals surface area contributed by atoms with Crippen LogP contribution in [0.1, 0.15) is 42.1 Å². The van der Waals surface area contributed by atoms with Crippen molar-refractivity contribution in [3.63, 3.8) is 0 Å². The predicted octanol–water partition coefficient (Wildman–Crippen LogP) is 3.52. The van der Waals surface area contributed by atoms with Gasteiger partial charge in [0.1, 0.15) is 0 Å². The molecular weight excluding hydrogens is 410 g/mol. The molecule has 0 spiro atoms. The number of piperazine rings is 1. The van der Waals surface area contributed by atoms with Gasteiger partial charge in [-0.1, -0.05) is 30.7 Å². The zero-order valence-electron chi connectivity index (χ0n) is 18.3. The monoisotopic (exact) mass is 441 g/mol. The maximum atomic E-state index is 13.2. The van der Waals surface area contributed by atoms with E-state index >= 15 is 0 Å². The first-order valence-electron chi connectivity index (χ1n) is 11.1. The quantitative estimate of drug-likeness (QED) is 0.728. The fraction of sp³-hybridized carbons (Fsp3) is 0.458. The maximum absolute atomic E-state index is 13.2. The van der Waals surface area contributed by atoms with Crippen LogP contribution in [-0.4, -0.2) is 62.3 Å². The minimum Gasteiger partial charge on any atom is -0.368 e. The van der Waals surface area contributed by atoms with Crippen molar-refractivity contribution < 1.29 is 13.2 Å². The summed E-state index contributed by atoms with van der Waals surface area (Å²) in [6.07, 6.45) is 2.82. The molecule has 0 bridgehead atoms. The Labute approximate surface area is 185 Å². The summed E-state index contributed by atoms with van der Waals surface area (Å²) in [5.41, 5.74) is 2.88. The van der Waals surface area contributed by atoms with Crippen LogP contribution in [0.4, 0.5) is 5.69 Å². The predicted molar refractivity (Wildman–Crippen MR) is 123 cm³/mol. The third kappa shape index (κ3) is 4.48. The third-order valence-electron chi connectivity index (χ3n) is 6.45. The molecule has 0 aromatic heterocycles. The molecule has 0 N–H and O–H groups in total. The Balaban J connectivity index is 1.47. The van der Waals surface area contributed by atoms with Crippen LogP contribution in [0, 0.1) is 6.92 Å². The molecule has 2 saturated heterocycles. The Hall–Kier alpha value is -2.38. The molecule has 31 heavy (non-hydrogen) atoms. The Morgan fingerprint density at radius 1 is 0.935 bits per heavy atom. The fourth-order valence-electron chi connectivity index (χ4n) is 4.61. The summed E-state index contributed by atoms with van der Waals surface area (Å²) in [7, 11) is -3.59. The zero-order valence-corrected chi connectivity index (χ0v) is 19.1. The smallest absolute Gasteiger partial charge is 0.254 e. The van der Waals surface area contributed by atoms with Crippen molar-refractivity contribution in [2.24, 2.45) is 0 Å². The highest BCUT2D eigenvalue weighted by atomic mass is 32.2. The number of aryl methyl sites for hydroxylation is 1. The molecule has 2 aliphatic heterocycles. The van der Waals surface area contributed by atoms with Gasteiger partial charge in [-0.3, -0.25) is 4.79 Å². The Morgan fingerprint density at radius 2 is 1.68 bits per heavy atom. The van der Waals surface area contributed by atoms with E-state index in [0.29, 0.717) is 25.2 Å². The molecule has 4 rings (SSSR count). The second-order valence-corrected chi connectivity index (χ2v) is 10.4. The van der Waals surface area contributed by atoms with Crippen molar-refractivity contribution in [2.75, 3.05) is 37.6 Å². The van der Waals surface area contributed by atoms with E-state index in [-0.39, 0.29) is 16.8 Å². The molecule has 0 saturated carbocycles. The molecule has 1 unspecified atom stereocenters. The lowest BCUT2D eigenvalue weighted by molar-refractivity contribution is 0.0746. The topological polar surface area (TPSA) is 60.9 Å². The van der Waals surface area contributed by atoms with Crippen molar-refractivity contribution in [1.82, 2.24) is 9.21 Å². The van der Waals surface area contributed by atoms with Gasteiger partial charge in [-0.2, -0.15) is 4.31 Å². The number of sulfonamides is 1. The fourth-order valence-corrected chi connectivity index (χ4v) is 6.35. The van der Waals surface area contributed by atoms with Crippen LogP contribution in [-0.2, 0) is 10.0 Å². The Bertz CT molecular complexity index is 1050. The lowest BCUT2D eigenvalue weighted by atomic mass is 10.1. The van der Waals surface area contributed by atoms with Crippen LogP contribution in [0.5, 0.6) is 0 Å². The first kappa shape index (κ1) is 21.8. The number of carbonyl (C=O) groups is 1. The number of anilines is 1. The molecule has 1 atom stereocenters. The third-order valence-corrected chi connectivity index (χ3v) is 8.46.